The van der Waals surface area contributed by atoms with Crippen molar-refractivity contribution < 1.29 is 18.0 Å². The average molecular weight is 351 g/mol. The number of nitrogens with one attached hydrogen (secondary N) is 2. The molecule has 1 rings (SSSR count). The van der Waals surface area contributed by atoms with Gasteiger partial charge in [-0.1, -0.05) is 0 Å². The number of halogens is 3. The molecule has 130 valence electrons. The van der Waals surface area contributed by atoms with Gasteiger partial charge in [-0.25, -0.2) is 9.98 Å². The number of nitrogens with zero attached hydrogens (tertiary/aromatic N) is 2. The molecule has 0 radical (unpaired) electrons. The highest BCUT2D eigenvalue weighted by molar-refractivity contribution is 7.09. The number of hydrogen-bond acceptors (Lipinski definition) is 4. The molecule has 23 heavy (non-hydrogen) atoms. The van der Waals surface area contributed by atoms with Gasteiger partial charge in [0.05, 0.1) is 12.0 Å². The topological polar surface area (TPSA) is 92.4 Å². The van der Waals surface area contributed by atoms with Crippen LogP contribution in [0.5, 0.6) is 0 Å². The second-order valence-electron chi connectivity index (χ2n) is 5.42. The molecule has 0 atom stereocenters. The van der Waals surface area contributed by atoms with E-state index in [1.807, 2.05) is 6.92 Å². The van der Waals surface area contributed by atoms with Crippen molar-refractivity contribution in [3.63, 3.8) is 0 Å². The van der Waals surface area contributed by atoms with Gasteiger partial charge in [0.15, 0.2) is 11.7 Å². The van der Waals surface area contributed by atoms with E-state index in [0.717, 1.165) is 16.7 Å². The number of carbonyl (C=O) groups is 1. The van der Waals surface area contributed by atoms with Crippen LogP contribution in [0.25, 0.3) is 0 Å². The first-order chi connectivity index (χ1) is 10.6. The first kappa shape index (κ1) is 19.2. The molecule has 1 aromatic rings. The minimum Gasteiger partial charge on any atom is -0.369 e. The fraction of sp³-hybridized carbons (Fsp3) is 0.615. The Morgan fingerprint density at radius 2 is 2.04 bits per heavy atom. The molecule has 4 N–H and O–H groups in total. The molecular formula is C13H20F3N5OS. The van der Waals surface area contributed by atoms with E-state index < -0.39 is 23.2 Å². The van der Waals surface area contributed by atoms with E-state index in [-0.39, 0.29) is 18.1 Å². The van der Waals surface area contributed by atoms with E-state index in [1.165, 1.54) is 0 Å². The summed E-state index contributed by atoms with van der Waals surface area (Å²) in [7, 11) is 0. The van der Waals surface area contributed by atoms with E-state index in [9.17, 15) is 18.0 Å². The van der Waals surface area contributed by atoms with Gasteiger partial charge >= 0.3 is 6.18 Å². The summed E-state index contributed by atoms with van der Waals surface area (Å²) in [6.45, 7) is 6.04. The molecule has 0 aliphatic rings. The van der Waals surface area contributed by atoms with E-state index >= 15 is 0 Å². The molecule has 0 aliphatic carbocycles. The van der Waals surface area contributed by atoms with Gasteiger partial charge in [-0.15, -0.1) is 11.3 Å². The van der Waals surface area contributed by atoms with E-state index in [4.69, 9.17) is 5.73 Å². The highest BCUT2D eigenvalue weighted by atomic mass is 32.1. The number of hydrogen-bond donors (Lipinski definition) is 3. The van der Waals surface area contributed by atoms with Crippen molar-refractivity contribution in [2.45, 2.75) is 33.5 Å². The fourth-order valence-electron chi connectivity index (χ4n) is 1.39. The molecular weight excluding hydrogens is 331 g/mol. The maximum Gasteiger partial charge on any atom is 0.434 e. The molecule has 0 saturated carbocycles. The molecule has 10 heteroatoms. The molecule has 0 unspecified atom stereocenters. The third-order valence-electron chi connectivity index (χ3n) is 2.92. The smallest absolute Gasteiger partial charge is 0.369 e. The van der Waals surface area contributed by atoms with Crippen LogP contribution < -0.4 is 16.4 Å². The summed E-state index contributed by atoms with van der Waals surface area (Å²) in [5, 5.41) is 7.10. The lowest BCUT2D eigenvalue weighted by molar-refractivity contribution is -0.140. The Kier molecular flexibility index (Phi) is 6.37. The fourth-order valence-corrected chi connectivity index (χ4v) is 2.12. The number of nitrogens with two attached hydrogens (primary N) is 1. The van der Waals surface area contributed by atoms with Crippen LogP contribution in [0.15, 0.2) is 10.4 Å². The SMILES string of the molecule is CCNC(=NCc1nc(C(F)(F)F)cs1)NCC(C)(C)C(N)=O. The number of thiazole rings is 1. The summed E-state index contributed by atoms with van der Waals surface area (Å²) in [6.07, 6.45) is -4.45. The number of guanidine groups is 1. The Morgan fingerprint density at radius 1 is 1.39 bits per heavy atom. The number of rotatable bonds is 6. The lowest BCUT2D eigenvalue weighted by Crippen LogP contribution is -2.46. The number of aromatic nitrogens is 1. The first-order valence-electron chi connectivity index (χ1n) is 6.90. The van der Waals surface area contributed by atoms with Crippen LogP contribution in [0.2, 0.25) is 0 Å². The molecule has 0 spiro atoms. The zero-order chi connectivity index (χ0) is 17.7. The molecule has 0 aromatic carbocycles. The Morgan fingerprint density at radius 3 is 2.52 bits per heavy atom. The molecule has 0 aliphatic heterocycles. The predicted molar refractivity (Wildman–Crippen MR) is 82.9 cm³/mol. The van der Waals surface area contributed by atoms with Crippen LogP contribution in [0.3, 0.4) is 0 Å². The summed E-state index contributed by atoms with van der Waals surface area (Å²) < 4.78 is 37.5. The van der Waals surface area contributed by atoms with Crippen LogP contribution in [0.4, 0.5) is 13.2 Å². The Balaban J connectivity index is 2.72. The normalized spacial score (nSPS) is 13.0. The van der Waals surface area contributed by atoms with Gasteiger partial charge in [-0.3, -0.25) is 4.79 Å². The monoisotopic (exact) mass is 351 g/mol. The van der Waals surface area contributed by atoms with Crippen LogP contribution in [0.1, 0.15) is 31.5 Å². The summed E-state index contributed by atoms with van der Waals surface area (Å²) in [6, 6.07) is 0. The van der Waals surface area contributed by atoms with Crippen molar-refractivity contribution in [3.8, 4) is 0 Å². The van der Waals surface area contributed by atoms with E-state index in [0.29, 0.717) is 12.5 Å². The number of amides is 1. The second-order valence-corrected chi connectivity index (χ2v) is 6.36. The molecule has 1 aromatic heterocycles. The average Bonchev–Trinajstić information content (AvgIpc) is 2.90. The summed E-state index contributed by atoms with van der Waals surface area (Å²) >= 11 is 0.897. The van der Waals surface area contributed by atoms with Gasteiger partial charge in [0.25, 0.3) is 0 Å². The van der Waals surface area contributed by atoms with Crippen LogP contribution >= 0.6 is 11.3 Å². The maximum atomic E-state index is 12.5. The Hall–Kier alpha value is -1.84. The highest BCUT2D eigenvalue weighted by Gasteiger charge is 2.33. The standard InChI is InChI=1S/C13H20F3N5OS/c1-4-18-11(20-7-12(2,3)10(17)22)19-5-9-21-8(6-23-9)13(14,15)16/h6H,4-5,7H2,1-3H3,(H2,17,22)(H2,18,19,20). The van der Waals surface area contributed by atoms with Crippen LogP contribution in [-0.2, 0) is 17.5 Å². The predicted octanol–water partition coefficient (Wildman–Crippen LogP) is 1.73. The van der Waals surface area contributed by atoms with Crippen molar-refractivity contribution in [3.05, 3.63) is 16.1 Å². The van der Waals surface area contributed by atoms with Crippen molar-refractivity contribution in [1.82, 2.24) is 15.6 Å². The zero-order valence-corrected chi connectivity index (χ0v) is 13.9. The minimum absolute atomic E-state index is 0.00702. The minimum atomic E-state index is -4.45. The number of aliphatic imine (C=N–C) groups is 1. The molecule has 1 heterocycles. The quantitative estimate of drug-likeness (QED) is 0.538. The number of carbonyl (C=O) groups excluding carboxylic acids is 1. The van der Waals surface area contributed by atoms with Crippen LogP contribution in [-0.4, -0.2) is 29.9 Å². The second kappa shape index (κ2) is 7.62. The van der Waals surface area contributed by atoms with Gasteiger partial charge in [0.1, 0.15) is 5.01 Å². The van der Waals surface area contributed by atoms with Crippen LogP contribution in [0, 0.1) is 5.41 Å². The third kappa shape index (κ3) is 6.05. The summed E-state index contributed by atoms with van der Waals surface area (Å²) in [5.74, 6) is -0.0822. The van der Waals surface area contributed by atoms with Crippen molar-refractivity contribution in [2.75, 3.05) is 13.1 Å². The van der Waals surface area contributed by atoms with E-state index in [1.54, 1.807) is 13.8 Å². The molecule has 1 amide bonds. The van der Waals surface area contributed by atoms with Gasteiger partial charge in [0.2, 0.25) is 5.91 Å². The zero-order valence-electron chi connectivity index (χ0n) is 13.1. The lowest BCUT2D eigenvalue weighted by Gasteiger charge is -2.22. The number of alkyl halides is 3. The van der Waals surface area contributed by atoms with E-state index in [2.05, 4.69) is 20.6 Å². The largest absolute Gasteiger partial charge is 0.434 e. The lowest BCUT2D eigenvalue weighted by atomic mass is 9.93. The molecule has 0 bridgehead atoms. The first-order valence-corrected chi connectivity index (χ1v) is 7.78. The summed E-state index contributed by atoms with van der Waals surface area (Å²) in [4.78, 5) is 18.9. The van der Waals surface area contributed by atoms with Crippen molar-refractivity contribution >= 4 is 23.2 Å². The number of primary amides is 1. The third-order valence-corrected chi connectivity index (χ3v) is 3.76. The van der Waals surface area contributed by atoms with Gasteiger partial charge in [-0.2, -0.15) is 13.2 Å². The Labute approximate surface area is 136 Å². The van der Waals surface area contributed by atoms with Crippen molar-refractivity contribution in [1.29, 1.82) is 0 Å². The summed E-state index contributed by atoms with van der Waals surface area (Å²) in [5.41, 5.74) is 3.59. The van der Waals surface area contributed by atoms with Gasteiger partial charge < -0.3 is 16.4 Å². The highest BCUT2D eigenvalue weighted by Crippen LogP contribution is 2.30. The Bertz CT molecular complexity index is 568. The maximum absolute atomic E-state index is 12.5. The molecule has 6 nitrogen and oxygen atoms in total. The molecule has 0 saturated heterocycles. The molecule has 0 fully saturated rings. The van der Waals surface area contributed by atoms with Crippen molar-refractivity contribution in [2.24, 2.45) is 16.1 Å². The van der Waals surface area contributed by atoms with Gasteiger partial charge in [0, 0.05) is 18.5 Å². The van der Waals surface area contributed by atoms with Gasteiger partial charge in [-0.05, 0) is 20.8 Å².